The Labute approximate surface area is 232 Å². The van der Waals surface area contributed by atoms with Gasteiger partial charge in [0.2, 0.25) is 0 Å². The van der Waals surface area contributed by atoms with Gasteiger partial charge in [-0.2, -0.15) is 0 Å². The first kappa shape index (κ1) is 22.5. The number of allylic oxidation sites excluding steroid dienone is 4. The molecule has 8 rings (SSSR count). The van der Waals surface area contributed by atoms with Gasteiger partial charge >= 0.3 is 0 Å². The molecule has 0 atom stereocenters. The highest BCUT2D eigenvalue weighted by Crippen LogP contribution is 2.51. The summed E-state index contributed by atoms with van der Waals surface area (Å²) < 4.78 is 12.6. The van der Waals surface area contributed by atoms with Crippen molar-refractivity contribution in [2.75, 3.05) is 16.3 Å². The molecule has 4 heterocycles. The lowest BCUT2D eigenvalue weighted by molar-refractivity contribution is 0.420. The minimum atomic E-state index is 0.683. The van der Waals surface area contributed by atoms with E-state index in [0.29, 0.717) is 12.3 Å². The summed E-state index contributed by atoms with van der Waals surface area (Å²) in [4.78, 5) is 13.6. The van der Waals surface area contributed by atoms with E-state index in [2.05, 4.69) is 57.4 Å². The van der Waals surface area contributed by atoms with Gasteiger partial charge in [-0.25, -0.2) is 4.98 Å². The molecule has 40 heavy (non-hydrogen) atoms. The monoisotopic (exact) mass is 518 g/mol. The Bertz CT molecular complexity index is 1740. The largest absolute Gasteiger partial charge is 0.453 e. The van der Waals surface area contributed by atoms with Gasteiger partial charge in [-0.15, -0.1) is 0 Å². The molecule has 0 saturated carbocycles. The number of fused-ring (bicyclic) bond motifs is 3. The summed E-state index contributed by atoms with van der Waals surface area (Å²) >= 11 is 0. The maximum atomic E-state index is 6.33. The number of aliphatic imine (C=N–C) groups is 1. The number of ether oxygens (including phenoxy) is 2. The average molecular weight is 519 g/mol. The number of anilines is 4. The van der Waals surface area contributed by atoms with Crippen LogP contribution in [0.5, 0.6) is 17.2 Å². The van der Waals surface area contributed by atoms with Crippen LogP contribution in [0.3, 0.4) is 0 Å². The predicted molar refractivity (Wildman–Crippen MR) is 154 cm³/mol. The van der Waals surface area contributed by atoms with E-state index in [-0.39, 0.29) is 0 Å². The van der Waals surface area contributed by atoms with Crippen LogP contribution in [-0.2, 0) is 0 Å². The second-order valence-electron chi connectivity index (χ2n) is 9.78. The van der Waals surface area contributed by atoms with Crippen LogP contribution in [-0.4, -0.2) is 17.7 Å². The lowest BCUT2D eigenvalue weighted by Gasteiger charge is -2.38. The molecular weight excluding hydrogens is 496 g/mol. The zero-order valence-electron chi connectivity index (χ0n) is 21.5. The highest BCUT2D eigenvalue weighted by atomic mass is 16.5. The van der Waals surface area contributed by atoms with Crippen LogP contribution >= 0.6 is 0 Å². The second kappa shape index (κ2) is 9.08. The van der Waals surface area contributed by atoms with Crippen LogP contribution < -0.4 is 19.3 Å². The van der Waals surface area contributed by atoms with Gasteiger partial charge in [-0.3, -0.25) is 9.89 Å². The third-order valence-electron chi connectivity index (χ3n) is 7.47. The van der Waals surface area contributed by atoms with E-state index in [1.165, 1.54) is 0 Å². The van der Waals surface area contributed by atoms with Crippen molar-refractivity contribution in [2.45, 2.75) is 19.3 Å². The van der Waals surface area contributed by atoms with Gasteiger partial charge in [0.15, 0.2) is 17.2 Å². The van der Waals surface area contributed by atoms with Gasteiger partial charge in [0.25, 0.3) is 0 Å². The number of benzene rings is 2. The zero-order chi connectivity index (χ0) is 26.5. The van der Waals surface area contributed by atoms with E-state index < -0.39 is 0 Å². The first-order valence-electron chi connectivity index (χ1n) is 13.3. The molecule has 6 nitrogen and oxygen atoms in total. The Morgan fingerprint density at radius 3 is 2.52 bits per heavy atom. The van der Waals surface area contributed by atoms with Crippen LogP contribution in [0.2, 0.25) is 0 Å². The summed E-state index contributed by atoms with van der Waals surface area (Å²) in [6.45, 7) is 0.683. The summed E-state index contributed by atoms with van der Waals surface area (Å²) in [6.07, 6.45) is 13.6. The van der Waals surface area contributed by atoms with E-state index in [9.17, 15) is 0 Å². The lowest BCUT2D eigenvalue weighted by Crippen LogP contribution is -2.31. The second-order valence-corrected chi connectivity index (χ2v) is 9.78. The quantitative estimate of drug-likeness (QED) is 0.247. The van der Waals surface area contributed by atoms with Crippen molar-refractivity contribution in [1.29, 1.82) is 0 Å². The molecule has 1 aliphatic carbocycles. The lowest BCUT2D eigenvalue weighted by atomic mass is 9.95. The smallest absolute Gasteiger partial charge is 0.160 e. The molecule has 4 aliphatic rings. The van der Waals surface area contributed by atoms with Crippen molar-refractivity contribution in [2.24, 2.45) is 4.99 Å². The van der Waals surface area contributed by atoms with Gasteiger partial charge in [-0.1, -0.05) is 36.4 Å². The molecule has 0 saturated heterocycles. The number of rotatable bonds is 3. The van der Waals surface area contributed by atoms with Crippen molar-refractivity contribution in [1.82, 2.24) is 4.98 Å². The molecule has 0 radical (unpaired) electrons. The summed E-state index contributed by atoms with van der Waals surface area (Å²) in [5.41, 5.74) is 7.71. The fourth-order valence-corrected chi connectivity index (χ4v) is 5.73. The van der Waals surface area contributed by atoms with Crippen molar-refractivity contribution in [3.63, 3.8) is 0 Å². The molecule has 0 unspecified atom stereocenters. The fourth-order valence-electron chi connectivity index (χ4n) is 5.73. The Hall–Kier alpha value is -5.46. The van der Waals surface area contributed by atoms with Crippen molar-refractivity contribution in [3.8, 4) is 17.2 Å². The minimum Gasteiger partial charge on any atom is -0.453 e. The molecule has 6 heteroatoms. The Morgan fingerprint density at radius 1 is 0.800 bits per heavy atom. The topological polar surface area (TPSA) is 50.2 Å². The minimum absolute atomic E-state index is 0.683. The molecule has 190 valence electrons. The number of dihydropyridines is 1. The number of para-hydroxylation sites is 4. The molecule has 3 aromatic carbocycles. The average Bonchev–Trinajstić information content (AvgIpc) is 3.02. The van der Waals surface area contributed by atoms with E-state index in [4.69, 9.17) is 14.5 Å². The number of hydrogen-bond acceptors (Lipinski definition) is 6. The molecule has 1 aromatic heterocycles. The van der Waals surface area contributed by atoms with Crippen LogP contribution in [0.15, 0.2) is 101 Å². The number of aromatic nitrogens is 1. The van der Waals surface area contributed by atoms with Gasteiger partial charge < -0.3 is 14.4 Å². The summed E-state index contributed by atoms with van der Waals surface area (Å²) in [7, 11) is 0. The third-order valence-corrected chi connectivity index (χ3v) is 7.47. The Morgan fingerprint density at radius 2 is 1.62 bits per heavy atom. The molecule has 4 aromatic rings. The first-order valence-corrected chi connectivity index (χ1v) is 13.3. The van der Waals surface area contributed by atoms with Crippen LogP contribution in [0, 0.1) is 24.4 Å². The molecule has 0 bridgehead atoms. The fraction of sp³-hybridized carbons (Fsp3) is 0.118. The van der Waals surface area contributed by atoms with Crippen LogP contribution in [0.25, 0.3) is 5.57 Å². The van der Waals surface area contributed by atoms with Gasteiger partial charge in [0.1, 0.15) is 11.4 Å². The number of hydrogen-bond donors (Lipinski definition) is 0. The molecule has 0 spiro atoms. The standard InChI is InChI=1S/C34H22N4O2/c1-5-13-31-25(9-1)37(26-10-2-6-14-32(26)39-31)29-21-35-19-17-23(29)24-18-20-36-22-30(24)38-27-11-3-7-15-33(27)40-34-16-8-4-12-28(34)38/h1,3,5-9,11,13-16,21-22H,2,10,17,19H2. The van der Waals surface area contributed by atoms with Crippen molar-refractivity contribution < 1.29 is 9.47 Å². The maximum absolute atomic E-state index is 6.33. The third kappa shape index (κ3) is 3.47. The number of nitrogens with zero attached hydrogens (tertiary/aromatic N) is 4. The van der Waals surface area contributed by atoms with Crippen molar-refractivity contribution in [3.05, 3.63) is 126 Å². The van der Waals surface area contributed by atoms with Gasteiger partial charge in [0.05, 0.1) is 40.2 Å². The summed E-state index contributed by atoms with van der Waals surface area (Å²) in [6, 6.07) is 29.6. The summed E-state index contributed by atoms with van der Waals surface area (Å²) in [5.74, 6) is 3.17. The van der Waals surface area contributed by atoms with E-state index in [0.717, 1.165) is 81.8 Å². The predicted octanol–water partition coefficient (Wildman–Crippen LogP) is 7.50. The van der Waals surface area contributed by atoms with Crippen LogP contribution in [0.4, 0.5) is 22.7 Å². The first-order chi connectivity index (χ1) is 19.9. The van der Waals surface area contributed by atoms with Gasteiger partial charge in [-0.05, 0) is 79.4 Å². The molecule has 0 N–H and O–H groups in total. The Balaban J connectivity index is 1.36. The maximum Gasteiger partial charge on any atom is 0.160 e. The van der Waals surface area contributed by atoms with E-state index >= 15 is 0 Å². The molecular formula is C34H22N4O2. The molecule has 0 amide bonds. The zero-order valence-corrected chi connectivity index (χ0v) is 21.5. The summed E-state index contributed by atoms with van der Waals surface area (Å²) in [5, 5.41) is 0. The SMILES string of the molecule is c1ccc2c(c#1)N(c1cnc#cc1C1=C(N3C4=C(C=CCC4)Oc4ccccc43)C=NCC1)c1ccccc1O2. The highest BCUT2D eigenvalue weighted by Gasteiger charge is 2.33. The molecule has 0 fully saturated rings. The van der Waals surface area contributed by atoms with Crippen molar-refractivity contribution >= 4 is 34.5 Å². The van der Waals surface area contributed by atoms with Gasteiger partial charge in [0, 0.05) is 19.0 Å². The van der Waals surface area contributed by atoms with E-state index in [1.54, 1.807) is 0 Å². The van der Waals surface area contributed by atoms with Crippen LogP contribution in [0.1, 0.15) is 24.8 Å². The molecule has 3 aliphatic heterocycles. The normalized spacial score (nSPS) is 16.6. The Kier molecular flexibility index (Phi) is 5.11. The highest BCUT2D eigenvalue weighted by molar-refractivity contribution is 6.01. The van der Waals surface area contributed by atoms with E-state index in [1.807, 2.05) is 67.0 Å².